The highest BCUT2D eigenvalue weighted by Gasteiger charge is 2.14. The number of fused-ring (bicyclic) bond motifs is 1. The van der Waals surface area contributed by atoms with Crippen LogP contribution in [0.15, 0.2) is 33.5 Å². The van der Waals surface area contributed by atoms with E-state index in [4.69, 9.17) is 0 Å². The maximum Gasteiger partial charge on any atom is 0.147 e. The van der Waals surface area contributed by atoms with Crippen LogP contribution in [0.2, 0.25) is 0 Å². The van der Waals surface area contributed by atoms with E-state index in [-0.39, 0.29) is 0 Å². The number of aliphatic imine (C=N–C) groups is 2. The first-order valence-electron chi connectivity index (χ1n) is 3.35. The van der Waals surface area contributed by atoms with Gasteiger partial charge in [-0.3, -0.25) is 14.8 Å². The van der Waals surface area contributed by atoms with Gasteiger partial charge in [0.15, 0.2) is 0 Å². The first kappa shape index (κ1) is 6.22. The van der Waals surface area contributed by atoms with Gasteiger partial charge in [0.1, 0.15) is 6.29 Å². The number of rotatable bonds is 1. The van der Waals surface area contributed by atoms with Gasteiger partial charge >= 0.3 is 0 Å². The van der Waals surface area contributed by atoms with Gasteiger partial charge in [-0.15, -0.1) is 0 Å². The van der Waals surface area contributed by atoms with E-state index in [0.29, 0.717) is 12.0 Å². The monoisotopic (exact) mass is 146 g/mol. The third-order valence-electron chi connectivity index (χ3n) is 1.67. The van der Waals surface area contributed by atoms with Crippen LogP contribution in [0.1, 0.15) is 6.42 Å². The molecule has 2 aliphatic heterocycles. The van der Waals surface area contributed by atoms with Crippen LogP contribution in [-0.4, -0.2) is 18.2 Å². The molecule has 54 valence electrons. The molecule has 11 heavy (non-hydrogen) atoms. The maximum atomic E-state index is 10.3. The van der Waals surface area contributed by atoms with Crippen LogP contribution in [-0.2, 0) is 4.79 Å². The Labute approximate surface area is 63.9 Å². The Morgan fingerprint density at radius 3 is 3.18 bits per heavy atom. The van der Waals surface area contributed by atoms with Gasteiger partial charge in [0.05, 0.1) is 11.9 Å². The number of allylic oxidation sites excluding steroid dienone is 2. The van der Waals surface area contributed by atoms with Crippen molar-refractivity contribution in [3.8, 4) is 0 Å². The lowest BCUT2D eigenvalue weighted by Gasteiger charge is -2.05. The molecule has 0 saturated carbocycles. The lowest BCUT2D eigenvalue weighted by atomic mass is 10.0. The van der Waals surface area contributed by atoms with Crippen molar-refractivity contribution in [3.05, 3.63) is 23.5 Å². The van der Waals surface area contributed by atoms with Gasteiger partial charge in [-0.25, -0.2) is 0 Å². The molecule has 0 atom stereocenters. The fourth-order valence-corrected chi connectivity index (χ4v) is 1.09. The molecule has 0 bridgehead atoms. The van der Waals surface area contributed by atoms with Crippen LogP contribution in [0.4, 0.5) is 0 Å². The Hall–Kier alpha value is -1.51. The second-order valence-corrected chi connectivity index (χ2v) is 2.45. The standard InChI is InChI=1S/C8H6N2O/c11-5-6-1-7-3-9-4-8(7)10-2-6/h2-5H,1H2. The van der Waals surface area contributed by atoms with Gasteiger partial charge in [0, 0.05) is 30.0 Å². The van der Waals surface area contributed by atoms with Crippen LogP contribution in [0, 0.1) is 0 Å². The second kappa shape index (κ2) is 2.27. The smallest absolute Gasteiger partial charge is 0.147 e. The highest BCUT2D eigenvalue weighted by molar-refractivity contribution is 6.40. The van der Waals surface area contributed by atoms with E-state index in [1.807, 2.05) is 0 Å². The predicted octanol–water partition coefficient (Wildman–Crippen LogP) is 0.882. The van der Waals surface area contributed by atoms with E-state index in [1.165, 1.54) is 0 Å². The van der Waals surface area contributed by atoms with Crippen LogP contribution >= 0.6 is 0 Å². The first-order valence-corrected chi connectivity index (χ1v) is 3.35. The minimum Gasteiger partial charge on any atom is -0.298 e. The zero-order valence-electron chi connectivity index (χ0n) is 5.82. The SMILES string of the molecule is O=CC1=CN=C2C=NC=C2C1. The Morgan fingerprint density at radius 2 is 2.36 bits per heavy atom. The molecule has 0 fully saturated rings. The third kappa shape index (κ3) is 0.941. The largest absolute Gasteiger partial charge is 0.298 e. The molecule has 0 aromatic rings. The maximum absolute atomic E-state index is 10.3. The van der Waals surface area contributed by atoms with E-state index >= 15 is 0 Å². The number of carbonyl (C=O) groups is 1. The minimum atomic E-state index is 0.669. The number of aldehydes is 1. The first-order chi connectivity index (χ1) is 5.40. The van der Waals surface area contributed by atoms with Crippen molar-refractivity contribution >= 4 is 18.2 Å². The summed E-state index contributed by atoms with van der Waals surface area (Å²) in [7, 11) is 0. The summed E-state index contributed by atoms with van der Waals surface area (Å²) >= 11 is 0. The van der Waals surface area contributed by atoms with Gasteiger partial charge in [0.25, 0.3) is 0 Å². The quantitative estimate of drug-likeness (QED) is 0.506. The van der Waals surface area contributed by atoms with Gasteiger partial charge in [0.2, 0.25) is 0 Å². The number of nitrogens with zero attached hydrogens (tertiary/aromatic N) is 2. The Morgan fingerprint density at radius 1 is 1.45 bits per heavy atom. The third-order valence-corrected chi connectivity index (χ3v) is 1.67. The molecule has 2 rings (SSSR count). The lowest BCUT2D eigenvalue weighted by Crippen LogP contribution is -2.05. The average molecular weight is 146 g/mol. The van der Waals surface area contributed by atoms with E-state index in [2.05, 4.69) is 9.98 Å². The Bertz CT molecular complexity index is 321. The molecule has 0 spiro atoms. The van der Waals surface area contributed by atoms with Crippen molar-refractivity contribution in [1.82, 2.24) is 0 Å². The summed E-state index contributed by atoms with van der Waals surface area (Å²) in [5.41, 5.74) is 2.63. The fourth-order valence-electron chi connectivity index (χ4n) is 1.09. The van der Waals surface area contributed by atoms with E-state index in [9.17, 15) is 4.79 Å². The summed E-state index contributed by atoms with van der Waals surface area (Å²) in [6, 6.07) is 0. The van der Waals surface area contributed by atoms with E-state index in [1.54, 1.807) is 18.6 Å². The predicted molar refractivity (Wildman–Crippen MR) is 42.8 cm³/mol. The van der Waals surface area contributed by atoms with Crippen molar-refractivity contribution in [2.24, 2.45) is 9.98 Å². The van der Waals surface area contributed by atoms with Crippen LogP contribution in [0.5, 0.6) is 0 Å². The minimum absolute atomic E-state index is 0.669. The van der Waals surface area contributed by atoms with Gasteiger partial charge in [-0.2, -0.15) is 0 Å². The molecule has 0 unspecified atom stereocenters. The summed E-state index contributed by atoms with van der Waals surface area (Å²) in [5.74, 6) is 0. The summed E-state index contributed by atoms with van der Waals surface area (Å²) in [5, 5.41) is 0. The Kier molecular flexibility index (Phi) is 1.28. The van der Waals surface area contributed by atoms with Crippen molar-refractivity contribution in [3.63, 3.8) is 0 Å². The van der Waals surface area contributed by atoms with Crippen molar-refractivity contribution < 1.29 is 4.79 Å². The molecule has 0 radical (unpaired) electrons. The zero-order chi connectivity index (χ0) is 7.68. The molecule has 2 aliphatic rings. The lowest BCUT2D eigenvalue weighted by molar-refractivity contribution is -0.105. The molecule has 0 aliphatic carbocycles. The highest BCUT2D eigenvalue weighted by Crippen LogP contribution is 2.18. The van der Waals surface area contributed by atoms with Crippen molar-refractivity contribution in [1.29, 1.82) is 0 Å². The molecule has 0 N–H and O–H groups in total. The molecule has 3 heteroatoms. The van der Waals surface area contributed by atoms with Crippen molar-refractivity contribution in [2.75, 3.05) is 0 Å². The van der Waals surface area contributed by atoms with Gasteiger partial charge < -0.3 is 0 Å². The van der Waals surface area contributed by atoms with Gasteiger partial charge in [-0.05, 0) is 0 Å². The molecular weight excluding hydrogens is 140 g/mol. The van der Waals surface area contributed by atoms with Crippen LogP contribution < -0.4 is 0 Å². The summed E-state index contributed by atoms with van der Waals surface area (Å²) in [6.45, 7) is 0. The topological polar surface area (TPSA) is 41.8 Å². The molecule has 3 nitrogen and oxygen atoms in total. The summed E-state index contributed by atoms with van der Waals surface area (Å²) in [6.07, 6.45) is 6.54. The van der Waals surface area contributed by atoms with E-state index in [0.717, 1.165) is 17.6 Å². The highest BCUT2D eigenvalue weighted by atomic mass is 16.1. The van der Waals surface area contributed by atoms with E-state index < -0.39 is 0 Å². The van der Waals surface area contributed by atoms with Crippen LogP contribution in [0.25, 0.3) is 0 Å². The fraction of sp³-hybridized carbons (Fsp3) is 0.125. The molecule has 0 saturated heterocycles. The number of hydrogen-bond donors (Lipinski definition) is 0. The average Bonchev–Trinajstić information content (AvgIpc) is 2.50. The number of carbonyl (C=O) groups excluding carboxylic acids is 1. The summed E-state index contributed by atoms with van der Waals surface area (Å²) < 4.78 is 0. The van der Waals surface area contributed by atoms with Crippen molar-refractivity contribution in [2.45, 2.75) is 6.42 Å². The number of hydrogen-bond acceptors (Lipinski definition) is 3. The zero-order valence-corrected chi connectivity index (χ0v) is 5.82. The Balaban J connectivity index is 2.37. The molecule has 0 aromatic carbocycles. The van der Waals surface area contributed by atoms with Crippen LogP contribution in [0.3, 0.4) is 0 Å². The normalized spacial score (nSPS) is 20.2. The molecule has 0 aromatic heterocycles. The second-order valence-electron chi connectivity index (χ2n) is 2.45. The van der Waals surface area contributed by atoms with Gasteiger partial charge in [-0.1, -0.05) is 0 Å². The molecule has 2 heterocycles. The molecular formula is C8H6N2O. The molecule has 0 amide bonds. The summed E-state index contributed by atoms with van der Waals surface area (Å²) in [4.78, 5) is 18.3.